The van der Waals surface area contributed by atoms with E-state index in [0.29, 0.717) is 24.0 Å². The van der Waals surface area contributed by atoms with Crippen molar-refractivity contribution in [1.82, 2.24) is 0 Å². The topological polar surface area (TPSA) is 57.5 Å². The second-order valence-electron chi connectivity index (χ2n) is 15.1. The summed E-state index contributed by atoms with van der Waals surface area (Å²) in [6.07, 6.45) is 9.14. The van der Waals surface area contributed by atoms with Crippen molar-refractivity contribution in [2.24, 2.45) is 50.2 Å². The van der Waals surface area contributed by atoms with E-state index in [1.165, 1.54) is 24.8 Å². The van der Waals surface area contributed by atoms with Crippen LogP contribution in [0.1, 0.15) is 113 Å². The summed E-state index contributed by atoms with van der Waals surface area (Å²) in [6.45, 7) is 19.4. The molecule has 0 heterocycles. The molecule has 3 heteroatoms. The van der Waals surface area contributed by atoms with E-state index >= 15 is 0 Å². The molecule has 192 valence electrons. The standard InChI is InChI=1S/C31H50O3/c1-19(2)24-21(33)17-31(18-32)16-14-27(5)20(25(24)31)9-10-22-28(27,6)13-15-30(8)26(3,4)23(34)11-12-29(22,30)7/h19-20,22-23,32,34H,9-18H2,1-8H3/t20?,22-,23-,27+,28+,29+,30-,31?/m0/s1. The lowest BCUT2D eigenvalue weighted by atomic mass is 9.29. The molecule has 8 atom stereocenters. The number of aliphatic hydroxyl groups excluding tert-OH is 2. The van der Waals surface area contributed by atoms with Gasteiger partial charge in [0.1, 0.15) is 0 Å². The van der Waals surface area contributed by atoms with Gasteiger partial charge < -0.3 is 10.2 Å². The third-order valence-electron chi connectivity index (χ3n) is 14.0. The molecule has 0 aliphatic heterocycles. The molecule has 0 saturated heterocycles. The van der Waals surface area contributed by atoms with Gasteiger partial charge in [-0.15, -0.1) is 0 Å². The monoisotopic (exact) mass is 470 g/mol. The summed E-state index contributed by atoms with van der Waals surface area (Å²) < 4.78 is 0. The molecule has 4 saturated carbocycles. The second kappa shape index (κ2) is 7.21. The van der Waals surface area contributed by atoms with Crippen LogP contribution in [0.3, 0.4) is 0 Å². The van der Waals surface area contributed by atoms with Crippen LogP contribution in [0.25, 0.3) is 0 Å². The molecule has 2 unspecified atom stereocenters. The number of carbonyl (C=O) groups is 1. The largest absolute Gasteiger partial charge is 0.395 e. The zero-order valence-electron chi connectivity index (χ0n) is 23.2. The molecule has 5 aliphatic carbocycles. The van der Waals surface area contributed by atoms with E-state index < -0.39 is 0 Å². The van der Waals surface area contributed by atoms with Gasteiger partial charge in [-0.2, -0.15) is 0 Å². The molecule has 0 spiro atoms. The van der Waals surface area contributed by atoms with Crippen molar-refractivity contribution >= 4 is 5.78 Å². The molecule has 5 aliphatic rings. The molecule has 0 radical (unpaired) electrons. The first-order chi connectivity index (χ1) is 15.7. The average molecular weight is 471 g/mol. The van der Waals surface area contributed by atoms with Gasteiger partial charge in [0.2, 0.25) is 0 Å². The second-order valence-corrected chi connectivity index (χ2v) is 15.1. The van der Waals surface area contributed by atoms with Crippen LogP contribution in [0.2, 0.25) is 0 Å². The van der Waals surface area contributed by atoms with E-state index in [-0.39, 0.29) is 51.1 Å². The first-order valence-electron chi connectivity index (χ1n) is 14.2. The lowest BCUT2D eigenvalue weighted by Gasteiger charge is -2.75. The fourth-order valence-corrected chi connectivity index (χ4v) is 11.1. The fourth-order valence-electron chi connectivity index (χ4n) is 11.1. The number of hydrogen-bond donors (Lipinski definition) is 2. The Morgan fingerprint density at radius 1 is 0.853 bits per heavy atom. The molecular weight excluding hydrogens is 420 g/mol. The summed E-state index contributed by atoms with van der Waals surface area (Å²) in [4.78, 5) is 13.3. The summed E-state index contributed by atoms with van der Waals surface area (Å²) in [7, 11) is 0. The van der Waals surface area contributed by atoms with Crippen LogP contribution in [-0.2, 0) is 4.79 Å². The van der Waals surface area contributed by atoms with Gasteiger partial charge in [-0.1, -0.05) is 61.0 Å². The molecule has 0 amide bonds. The Morgan fingerprint density at radius 2 is 1.50 bits per heavy atom. The van der Waals surface area contributed by atoms with Crippen LogP contribution in [0.4, 0.5) is 0 Å². The number of aliphatic hydroxyl groups is 2. The Kier molecular flexibility index (Phi) is 5.30. The van der Waals surface area contributed by atoms with Crippen LogP contribution in [0.15, 0.2) is 11.1 Å². The maximum absolute atomic E-state index is 13.3. The zero-order valence-corrected chi connectivity index (χ0v) is 23.2. The van der Waals surface area contributed by atoms with Gasteiger partial charge >= 0.3 is 0 Å². The van der Waals surface area contributed by atoms with E-state index in [1.807, 2.05) is 0 Å². The normalized spacial score (nSPS) is 52.2. The Hall–Kier alpha value is -0.670. The van der Waals surface area contributed by atoms with Gasteiger partial charge in [0.15, 0.2) is 5.78 Å². The van der Waals surface area contributed by atoms with E-state index in [2.05, 4.69) is 55.4 Å². The van der Waals surface area contributed by atoms with Crippen molar-refractivity contribution < 1.29 is 15.0 Å². The van der Waals surface area contributed by atoms with Gasteiger partial charge in [0.05, 0.1) is 12.7 Å². The fraction of sp³-hybridized carbons (Fsp3) is 0.903. The highest BCUT2D eigenvalue weighted by Crippen LogP contribution is 2.79. The average Bonchev–Trinajstić information content (AvgIpc) is 3.07. The Bertz CT molecular complexity index is 931. The van der Waals surface area contributed by atoms with Crippen molar-refractivity contribution in [2.75, 3.05) is 6.61 Å². The Morgan fingerprint density at radius 3 is 2.12 bits per heavy atom. The molecule has 0 aromatic carbocycles. The van der Waals surface area contributed by atoms with Crippen molar-refractivity contribution in [2.45, 2.75) is 119 Å². The third-order valence-corrected chi connectivity index (χ3v) is 14.0. The summed E-state index contributed by atoms with van der Waals surface area (Å²) in [5, 5.41) is 21.7. The predicted octanol–water partition coefficient (Wildman–Crippen LogP) is 6.71. The maximum atomic E-state index is 13.3. The number of fused-ring (bicyclic) bond motifs is 7. The quantitative estimate of drug-likeness (QED) is 0.471. The zero-order chi connectivity index (χ0) is 25.1. The third kappa shape index (κ3) is 2.60. The van der Waals surface area contributed by atoms with Crippen LogP contribution in [0, 0.1) is 50.2 Å². The van der Waals surface area contributed by atoms with E-state index in [0.717, 1.165) is 37.7 Å². The first kappa shape index (κ1) is 25.0. The first-order valence-corrected chi connectivity index (χ1v) is 14.2. The van der Waals surface area contributed by atoms with Gasteiger partial charge in [0, 0.05) is 11.8 Å². The lowest BCUT2D eigenvalue weighted by molar-refractivity contribution is -0.268. The Balaban J connectivity index is 1.63. The molecule has 2 N–H and O–H groups in total. The van der Waals surface area contributed by atoms with Crippen molar-refractivity contribution in [3.8, 4) is 0 Å². The summed E-state index contributed by atoms with van der Waals surface area (Å²) >= 11 is 0. The summed E-state index contributed by atoms with van der Waals surface area (Å²) in [5.74, 6) is 1.58. The van der Waals surface area contributed by atoms with Gasteiger partial charge in [-0.05, 0) is 102 Å². The highest BCUT2D eigenvalue weighted by Gasteiger charge is 2.72. The van der Waals surface area contributed by atoms with E-state index in [1.54, 1.807) is 0 Å². The van der Waals surface area contributed by atoms with Crippen molar-refractivity contribution in [1.29, 1.82) is 0 Å². The van der Waals surface area contributed by atoms with Gasteiger partial charge in [-0.3, -0.25) is 4.79 Å². The highest BCUT2D eigenvalue weighted by molar-refractivity contribution is 6.00. The number of Topliss-reactive ketones (excluding diaryl/α,β-unsaturated/α-hetero) is 1. The minimum absolute atomic E-state index is 0.0805. The molecule has 5 rings (SSSR count). The molecular formula is C31H50O3. The highest BCUT2D eigenvalue weighted by atomic mass is 16.3. The van der Waals surface area contributed by atoms with Gasteiger partial charge in [0.25, 0.3) is 0 Å². The predicted molar refractivity (Wildman–Crippen MR) is 137 cm³/mol. The van der Waals surface area contributed by atoms with E-state index in [4.69, 9.17) is 0 Å². The number of allylic oxidation sites excluding steroid dienone is 1. The van der Waals surface area contributed by atoms with Crippen molar-refractivity contribution in [3.05, 3.63) is 11.1 Å². The number of carbonyl (C=O) groups excluding carboxylic acids is 1. The lowest BCUT2D eigenvalue weighted by Crippen LogP contribution is -2.69. The van der Waals surface area contributed by atoms with Crippen LogP contribution >= 0.6 is 0 Å². The van der Waals surface area contributed by atoms with Crippen LogP contribution in [-0.4, -0.2) is 28.7 Å². The summed E-state index contributed by atoms with van der Waals surface area (Å²) in [6, 6.07) is 0. The molecule has 0 bridgehead atoms. The molecule has 4 fully saturated rings. The molecule has 34 heavy (non-hydrogen) atoms. The maximum Gasteiger partial charge on any atom is 0.160 e. The minimum Gasteiger partial charge on any atom is -0.395 e. The Labute approximate surface area is 208 Å². The van der Waals surface area contributed by atoms with Gasteiger partial charge in [-0.25, -0.2) is 0 Å². The van der Waals surface area contributed by atoms with Crippen LogP contribution in [0.5, 0.6) is 0 Å². The number of rotatable bonds is 2. The number of hydrogen-bond acceptors (Lipinski definition) is 3. The SMILES string of the molecule is CC(C)C1=C2C3CC[C@@H]4[C@@]5(C)CC[C@H](O)C(C)(C)[C@]5(C)CC[C@@]4(C)[C@]3(C)CCC2(CO)CC1=O. The minimum atomic E-state index is -0.298. The smallest absolute Gasteiger partial charge is 0.160 e. The summed E-state index contributed by atoms with van der Waals surface area (Å²) in [5.41, 5.74) is 2.77. The van der Waals surface area contributed by atoms with Crippen molar-refractivity contribution in [3.63, 3.8) is 0 Å². The molecule has 3 nitrogen and oxygen atoms in total. The molecule has 0 aromatic rings. The van der Waals surface area contributed by atoms with Crippen LogP contribution < -0.4 is 0 Å². The molecule has 0 aromatic heterocycles. The number of ketones is 1. The van der Waals surface area contributed by atoms with E-state index in [9.17, 15) is 15.0 Å².